The number of hydrogen-bond donors (Lipinski definition) is 2. The number of carbonyl (C=O) groups is 1. The third kappa shape index (κ3) is 1.70. The van der Waals surface area contributed by atoms with Crippen LogP contribution in [0.15, 0.2) is 11.1 Å². The Bertz CT molecular complexity index is 913. The lowest BCUT2D eigenvalue weighted by atomic mass is 9.46. The van der Waals surface area contributed by atoms with Gasteiger partial charge in [-0.3, -0.25) is 0 Å². The number of rotatable bonds is 2. The maximum Gasteiger partial charge on any atom is 0.334 e. The zero-order valence-electron chi connectivity index (χ0n) is 16.7. The van der Waals surface area contributed by atoms with Gasteiger partial charge in [-0.25, -0.2) is 4.79 Å². The Morgan fingerprint density at radius 3 is 2.79 bits per heavy atom. The van der Waals surface area contributed by atoms with Gasteiger partial charge in [0.1, 0.15) is 35.4 Å². The van der Waals surface area contributed by atoms with E-state index in [0.29, 0.717) is 19.4 Å². The normalized spacial score (nSPS) is 56.4. The first kappa shape index (κ1) is 18.6. The van der Waals surface area contributed by atoms with Gasteiger partial charge in [0, 0.05) is 11.0 Å². The van der Waals surface area contributed by atoms with E-state index in [1.807, 2.05) is 13.8 Å². The molecule has 6 rings (SSSR count). The molecule has 9 atom stereocenters. The molecule has 0 aromatic rings. The second-order valence-corrected chi connectivity index (χ2v) is 11.0. The first-order chi connectivity index (χ1) is 13.7. The van der Waals surface area contributed by atoms with Crippen molar-refractivity contribution in [2.75, 3.05) is 6.61 Å². The molecule has 29 heavy (non-hydrogen) atoms. The molecule has 1 unspecified atom stereocenters. The van der Waals surface area contributed by atoms with Gasteiger partial charge in [0.05, 0.1) is 11.4 Å². The van der Waals surface area contributed by atoms with Gasteiger partial charge in [-0.15, -0.1) is 0 Å². The molecule has 2 saturated carbocycles. The van der Waals surface area contributed by atoms with Crippen molar-refractivity contribution < 1.29 is 29.2 Å². The number of esters is 1. The number of carbonyl (C=O) groups excluding carboxylic acids is 1. The quantitative estimate of drug-likeness (QED) is 0.391. The van der Waals surface area contributed by atoms with E-state index in [2.05, 4.69) is 12.3 Å². The van der Waals surface area contributed by atoms with Crippen LogP contribution in [0.1, 0.15) is 40.0 Å². The summed E-state index contributed by atoms with van der Waals surface area (Å²) in [5.74, 6) is -0.400. The van der Waals surface area contributed by atoms with Crippen LogP contribution in [0.25, 0.3) is 0 Å². The van der Waals surface area contributed by atoms with Gasteiger partial charge in [0.25, 0.3) is 0 Å². The third-order valence-corrected chi connectivity index (χ3v) is 10.0. The van der Waals surface area contributed by atoms with Crippen LogP contribution in [-0.2, 0) is 19.0 Å². The Kier molecular flexibility index (Phi) is 3.34. The molecule has 4 fully saturated rings. The molecule has 2 spiro atoms. The van der Waals surface area contributed by atoms with E-state index in [9.17, 15) is 20.3 Å². The first-order valence-corrected chi connectivity index (χ1v) is 11.3. The number of hydrogen-bond acceptors (Lipinski definition) is 8. The average molecular weight is 419 g/mol. The summed E-state index contributed by atoms with van der Waals surface area (Å²) in [7, 11) is 0. The molecule has 8 heteroatoms. The number of aliphatic hydroxyl groups is 2. The largest absolute Gasteiger partial charge is 0.458 e. The number of cyclic esters (lactones) is 1. The number of ether oxygens (including phenoxy) is 3. The summed E-state index contributed by atoms with van der Waals surface area (Å²) in [5.41, 5.74) is -1.69. The zero-order chi connectivity index (χ0) is 20.6. The predicted octanol–water partition coefficient (Wildman–Crippen LogP) is 1.28. The van der Waals surface area contributed by atoms with Crippen molar-refractivity contribution >= 4 is 17.7 Å². The van der Waals surface area contributed by atoms with Crippen LogP contribution in [-0.4, -0.2) is 63.2 Å². The first-order valence-electron chi connectivity index (χ1n) is 10.4. The molecule has 3 heterocycles. The van der Waals surface area contributed by atoms with E-state index in [1.165, 1.54) is 0 Å². The van der Waals surface area contributed by atoms with Gasteiger partial charge in [-0.1, -0.05) is 20.8 Å². The SMILES string of the molecule is CC(C)[C@@]1(O)[C@H](SC#N)C2O[C@]23[C@]2(O[C@H]2C[C@H]2C4=C(CC[C@@]23C)C(=O)OC4)[C@@H]1O. The molecule has 3 aliphatic heterocycles. The molecule has 3 aliphatic carbocycles. The molecular formula is C21H25NO6S. The topological polar surface area (TPSA) is 116 Å². The summed E-state index contributed by atoms with van der Waals surface area (Å²) in [5, 5.41) is 34.2. The fourth-order valence-corrected chi connectivity index (χ4v) is 8.56. The van der Waals surface area contributed by atoms with Crippen LogP contribution < -0.4 is 0 Å². The van der Waals surface area contributed by atoms with Gasteiger partial charge in [0.15, 0.2) is 5.60 Å². The van der Waals surface area contributed by atoms with Crippen molar-refractivity contribution in [1.29, 1.82) is 5.26 Å². The lowest BCUT2D eigenvalue weighted by Gasteiger charge is -2.57. The second-order valence-electron chi connectivity index (χ2n) is 10.0. The molecule has 2 N–H and O–H groups in total. The highest BCUT2D eigenvalue weighted by molar-refractivity contribution is 8.04. The maximum atomic E-state index is 12.1. The summed E-state index contributed by atoms with van der Waals surface area (Å²) >= 11 is 0.991. The highest BCUT2D eigenvalue weighted by atomic mass is 32.2. The minimum atomic E-state index is -1.48. The Balaban J connectivity index is 1.50. The van der Waals surface area contributed by atoms with Gasteiger partial charge in [-0.2, -0.15) is 5.26 Å². The van der Waals surface area contributed by atoms with Crippen molar-refractivity contribution in [3.8, 4) is 5.40 Å². The van der Waals surface area contributed by atoms with Gasteiger partial charge < -0.3 is 24.4 Å². The predicted molar refractivity (Wildman–Crippen MR) is 101 cm³/mol. The van der Waals surface area contributed by atoms with Crippen LogP contribution in [0.5, 0.6) is 0 Å². The van der Waals surface area contributed by atoms with E-state index < -0.39 is 28.2 Å². The molecule has 0 amide bonds. The number of thiocyanates is 1. The van der Waals surface area contributed by atoms with Gasteiger partial charge >= 0.3 is 5.97 Å². The van der Waals surface area contributed by atoms with Crippen LogP contribution in [0, 0.1) is 27.9 Å². The fraction of sp³-hybridized carbons (Fsp3) is 0.810. The standard InChI is InChI=1S/C21H25NO6S/c1-9(2)19(25)15(29-8-22)14-21(28-14)18(3)5-4-10-11(7-26-16(10)23)12(18)6-13-20(21,27-13)17(19)24/h9,12-15,17,24-25H,4-7H2,1-3H3/t12-,13-,14?,15+,17+,18-,19+,20+,21+/m0/s1. The molecule has 156 valence electrons. The van der Waals surface area contributed by atoms with Crippen LogP contribution in [0.3, 0.4) is 0 Å². The summed E-state index contributed by atoms with van der Waals surface area (Å²) in [6.45, 7) is 6.22. The van der Waals surface area contributed by atoms with E-state index in [0.717, 1.165) is 29.3 Å². The molecule has 6 aliphatic rings. The summed E-state index contributed by atoms with van der Waals surface area (Å²) < 4.78 is 18.1. The number of epoxide rings is 2. The third-order valence-electron chi connectivity index (χ3n) is 9.05. The highest BCUT2D eigenvalue weighted by Crippen LogP contribution is 2.80. The van der Waals surface area contributed by atoms with Crippen molar-refractivity contribution in [3.05, 3.63) is 11.1 Å². The highest BCUT2D eigenvalue weighted by Gasteiger charge is 2.96. The van der Waals surface area contributed by atoms with E-state index >= 15 is 0 Å². The van der Waals surface area contributed by atoms with E-state index in [1.54, 1.807) is 0 Å². The fourth-order valence-electron chi connectivity index (χ4n) is 7.48. The lowest BCUT2D eigenvalue weighted by molar-refractivity contribution is -0.176. The monoisotopic (exact) mass is 419 g/mol. The van der Waals surface area contributed by atoms with Crippen molar-refractivity contribution in [3.63, 3.8) is 0 Å². The summed E-state index contributed by atoms with van der Waals surface area (Å²) in [6.07, 6.45) is 0.295. The molecule has 0 aromatic carbocycles. The molecule has 0 radical (unpaired) electrons. The van der Waals surface area contributed by atoms with Crippen molar-refractivity contribution in [2.45, 2.75) is 80.4 Å². The maximum absolute atomic E-state index is 12.1. The average Bonchev–Trinajstić information content (AvgIpc) is 3.56. The Morgan fingerprint density at radius 2 is 2.10 bits per heavy atom. The summed E-state index contributed by atoms with van der Waals surface area (Å²) in [6, 6.07) is 0. The Morgan fingerprint density at radius 1 is 1.34 bits per heavy atom. The minimum Gasteiger partial charge on any atom is -0.458 e. The summed E-state index contributed by atoms with van der Waals surface area (Å²) in [4.78, 5) is 12.1. The van der Waals surface area contributed by atoms with Crippen LogP contribution >= 0.6 is 11.8 Å². The smallest absolute Gasteiger partial charge is 0.334 e. The lowest BCUT2D eigenvalue weighted by Crippen LogP contribution is -2.75. The van der Waals surface area contributed by atoms with Crippen molar-refractivity contribution in [1.82, 2.24) is 0 Å². The number of nitrogens with zero attached hydrogens (tertiary/aromatic N) is 1. The Labute approximate surface area is 173 Å². The molecule has 2 saturated heterocycles. The van der Waals surface area contributed by atoms with E-state index in [4.69, 9.17) is 14.2 Å². The molecular weight excluding hydrogens is 394 g/mol. The van der Waals surface area contributed by atoms with Gasteiger partial charge in [0.2, 0.25) is 0 Å². The minimum absolute atomic E-state index is 0.0773. The van der Waals surface area contributed by atoms with E-state index in [-0.39, 0.29) is 35.4 Å². The number of nitriles is 1. The molecule has 0 aromatic heterocycles. The van der Waals surface area contributed by atoms with Crippen LogP contribution in [0.4, 0.5) is 0 Å². The number of fused-ring (bicyclic) bond motifs is 2. The van der Waals surface area contributed by atoms with Crippen LogP contribution in [0.2, 0.25) is 0 Å². The number of thioether (sulfide) groups is 1. The van der Waals surface area contributed by atoms with Crippen molar-refractivity contribution in [2.24, 2.45) is 17.3 Å². The molecule has 0 bridgehead atoms. The number of aliphatic hydroxyl groups excluding tert-OH is 1. The van der Waals surface area contributed by atoms with Gasteiger partial charge in [-0.05, 0) is 48.4 Å². The Hall–Kier alpha value is -1.11. The second kappa shape index (κ2) is 5.20. The zero-order valence-corrected chi connectivity index (χ0v) is 17.5. The molecule has 7 nitrogen and oxygen atoms in total.